The van der Waals surface area contributed by atoms with Gasteiger partial charge in [-0.15, -0.1) is 0 Å². The Bertz CT molecular complexity index is 421. The van der Waals surface area contributed by atoms with Gasteiger partial charge in [-0.1, -0.05) is 19.6 Å². The molecule has 0 aromatic heterocycles. The average Bonchev–Trinajstić information content (AvgIpc) is 2.38. The lowest BCUT2D eigenvalue weighted by atomic mass is 10.1. The number of piperidine rings is 1. The molecule has 0 aromatic carbocycles. The molecule has 1 fully saturated rings. The highest BCUT2D eigenvalue weighted by atomic mass is 28.3. The molecule has 120 valence electrons. The number of nitrogens with zero attached hydrogens (tertiary/aromatic N) is 2. The van der Waals surface area contributed by atoms with Crippen molar-refractivity contribution in [2.75, 3.05) is 13.2 Å². The maximum absolute atomic E-state index is 12.6. The third kappa shape index (κ3) is 4.20. The lowest BCUT2D eigenvalue weighted by Gasteiger charge is -2.41. The van der Waals surface area contributed by atoms with E-state index in [4.69, 9.17) is 4.74 Å². The van der Waals surface area contributed by atoms with Gasteiger partial charge in [-0.2, -0.15) is 0 Å². The van der Waals surface area contributed by atoms with Crippen molar-refractivity contribution in [3.63, 3.8) is 0 Å². The molecule has 8 heteroatoms. The van der Waals surface area contributed by atoms with E-state index in [9.17, 15) is 19.5 Å². The van der Waals surface area contributed by atoms with Gasteiger partial charge < -0.3 is 9.84 Å². The third-order valence-electron chi connectivity index (χ3n) is 3.34. The first-order chi connectivity index (χ1) is 9.70. The molecule has 1 heterocycles. The summed E-state index contributed by atoms with van der Waals surface area (Å²) in [6.07, 6.45) is -0.638. The molecule has 1 rings (SSSR count). The van der Waals surface area contributed by atoms with Crippen molar-refractivity contribution in [1.29, 1.82) is 0 Å². The van der Waals surface area contributed by atoms with Crippen molar-refractivity contribution in [1.82, 2.24) is 9.80 Å². The second-order valence-electron chi connectivity index (χ2n) is 6.08. The number of carboxylic acid groups (broad SMARTS) is 1. The van der Waals surface area contributed by atoms with Crippen LogP contribution in [0.25, 0.3) is 0 Å². The molecule has 0 aliphatic carbocycles. The van der Waals surface area contributed by atoms with E-state index in [0.29, 0.717) is 13.0 Å². The average molecular weight is 316 g/mol. The summed E-state index contributed by atoms with van der Waals surface area (Å²) in [4.78, 5) is 38.4. The lowest BCUT2D eigenvalue weighted by Crippen LogP contribution is -2.60. The van der Waals surface area contributed by atoms with Crippen LogP contribution in [0.5, 0.6) is 0 Å². The third-order valence-corrected chi connectivity index (χ3v) is 4.86. The fraction of sp³-hybridized carbons (Fsp3) is 0.769. The van der Waals surface area contributed by atoms with E-state index in [0.717, 1.165) is 17.7 Å². The van der Waals surface area contributed by atoms with E-state index < -0.39 is 26.4 Å². The van der Waals surface area contributed by atoms with E-state index in [2.05, 4.69) is 0 Å². The van der Waals surface area contributed by atoms with E-state index in [1.54, 1.807) is 6.92 Å². The quantitative estimate of drug-likeness (QED) is 0.809. The Morgan fingerprint density at radius 3 is 2.38 bits per heavy atom. The summed E-state index contributed by atoms with van der Waals surface area (Å²) in [7, 11) is -2.30. The largest absolute Gasteiger partial charge is 0.465 e. The molecular weight excluding hydrogens is 292 g/mol. The maximum Gasteiger partial charge on any atom is 0.417 e. The number of imide groups is 1. The van der Waals surface area contributed by atoms with Crippen LogP contribution in [-0.4, -0.2) is 60.0 Å². The van der Waals surface area contributed by atoms with Crippen molar-refractivity contribution in [2.45, 2.75) is 52.0 Å². The van der Waals surface area contributed by atoms with E-state index in [1.807, 2.05) is 19.6 Å². The molecule has 1 atom stereocenters. The summed E-state index contributed by atoms with van der Waals surface area (Å²) in [5, 5.41) is 9.30. The SMILES string of the molecule is CCOC(=O)N(C(=O)[Si](C)(C)C)C1CCCCN1C(=O)O. The zero-order valence-electron chi connectivity index (χ0n) is 13.1. The fourth-order valence-electron chi connectivity index (χ4n) is 2.30. The molecule has 0 aromatic rings. The summed E-state index contributed by atoms with van der Waals surface area (Å²) in [6, 6.07) is 0. The summed E-state index contributed by atoms with van der Waals surface area (Å²) >= 11 is 0. The number of rotatable bonds is 3. The van der Waals surface area contributed by atoms with E-state index >= 15 is 0 Å². The second-order valence-corrected chi connectivity index (χ2v) is 11.0. The zero-order chi connectivity index (χ0) is 16.2. The van der Waals surface area contributed by atoms with Crippen LogP contribution in [0.2, 0.25) is 19.6 Å². The first-order valence-electron chi connectivity index (χ1n) is 7.20. The minimum absolute atomic E-state index is 0.147. The van der Waals surface area contributed by atoms with Gasteiger partial charge in [-0.3, -0.25) is 9.69 Å². The number of ether oxygens (including phenoxy) is 1. The van der Waals surface area contributed by atoms with Gasteiger partial charge in [0.15, 0.2) is 8.07 Å². The number of hydrogen-bond donors (Lipinski definition) is 1. The number of hydrogen-bond acceptors (Lipinski definition) is 4. The van der Waals surface area contributed by atoms with Crippen LogP contribution in [0.3, 0.4) is 0 Å². The molecule has 0 radical (unpaired) electrons. The zero-order valence-corrected chi connectivity index (χ0v) is 14.1. The summed E-state index contributed by atoms with van der Waals surface area (Å²) < 4.78 is 4.97. The van der Waals surface area contributed by atoms with Crippen LogP contribution in [0, 0.1) is 0 Å². The van der Waals surface area contributed by atoms with Crippen molar-refractivity contribution >= 4 is 25.8 Å². The Balaban J connectivity index is 3.12. The lowest BCUT2D eigenvalue weighted by molar-refractivity contribution is 0.0356. The van der Waals surface area contributed by atoms with Gasteiger partial charge in [-0.05, 0) is 26.2 Å². The Hall–Kier alpha value is -1.57. The molecule has 1 saturated heterocycles. The Kier molecular flexibility index (Phi) is 5.76. The van der Waals surface area contributed by atoms with Crippen LogP contribution >= 0.6 is 0 Å². The van der Waals surface area contributed by atoms with Crippen LogP contribution in [0.4, 0.5) is 14.4 Å². The number of carbonyl (C=O) groups excluding carboxylic acids is 2. The molecule has 1 N–H and O–H groups in total. The highest BCUT2D eigenvalue weighted by Gasteiger charge is 2.42. The van der Waals surface area contributed by atoms with Gasteiger partial charge in [-0.25, -0.2) is 14.5 Å². The summed E-state index contributed by atoms with van der Waals surface area (Å²) in [5.41, 5.74) is -0.292. The highest BCUT2D eigenvalue weighted by molar-refractivity contribution is 7.03. The normalized spacial score (nSPS) is 19.0. The van der Waals surface area contributed by atoms with Crippen LogP contribution in [0.1, 0.15) is 26.2 Å². The minimum Gasteiger partial charge on any atom is -0.465 e. The summed E-state index contributed by atoms with van der Waals surface area (Å²) in [6.45, 7) is 7.62. The maximum atomic E-state index is 12.6. The molecule has 3 amide bonds. The number of carbonyl (C=O) groups is 3. The predicted octanol–water partition coefficient (Wildman–Crippen LogP) is 2.97. The van der Waals surface area contributed by atoms with Crippen molar-refractivity contribution in [3.8, 4) is 0 Å². The van der Waals surface area contributed by atoms with E-state index in [-0.39, 0.29) is 12.1 Å². The first-order valence-corrected chi connectivity index (χ1v) is 10.7. The van der Waals surface area contributed by atoms with Gasteiger partial charge in [0.2, 0.25) is 5.53 Å². The minimum atomic E-state index is -2.30. The highest BCUT2D eigenvalue weighted by Crippen LogP contribution is 2.24. The number of likely N-dealkylation sites (tertiary alicyclic amines) is 1. The molecule has 1 unspecified atom stereocenters. The fourth-order valence-corrected chi connectivity index (χ4v) is 3.26. The molecule has 1 aliphatic heterocycles. The summed E-state index contributed by atoms with van der Waals surface area (Å²) in [5.74, 6) is 0. The van der Waals surface area contributed by atoms with E-state index in [1.165, 1.54) is 4.90 Å². The molecule has 0 saturated carbocycles. The number of amides is 3. The molecule has 7 nitrogen and oxygen atoms in total. The molecule has 1 aliphatic rings. The Labute approximate surface area is 125 Å². The molecular formula is C13H24N2O5Si. The molecule has 0 spiro atoms. The Morgan fingerprint density at radius 2 is 1.90 bits per heavy atom. The topological polar surface area (TPSA) is 87.2 Å². The first kappa shape index (κ1) is 17.5. The standard InChI is InChI=1S/C13H24N2O5Si/c1-5-20-12(18)15(13(19)21(2,3)4)10-8-6-7-9-14(10)11(16)17/h10H,5-9H2,1-4H3,(H,16,17). The van der Waals surface area contributed by atoms with Gasteiger partial charge in [0.1, 0.15) is 6.17 Å². The molecule has 0 bridgehead atoms. The van der Waals surface area contributed by atoms with Crippen molar-refractivity contribution in [2.24, 2.45) is 0 Å². The second kappa shape index (κ2) is 6.93. The molecule has 21 heavy (non-hydrogen) atoms. The smallest absolute Gasteiger partial charge is 0.417 e. The predicted molar refractivity (Wildman–Crippen MR) is 80.0 cm³/mol. The van der Waals surface area contributed by atoms with Crippen LogP contribution in [0.15, 0.2) is 0 Å². The van der Waals surface area contributed by atoms with Crippen molar-refractivity contribution in [3.05, 3.63) is 0 Å². The monoisotopic (exact) mass is 316 g/mol. The van der Waals surface area contributed by atoms with Crippen LogP contribution < -0.4 is 0 Å². The Morgan fingerprint density at radius 1 is 1.29 bits per heavy atom. The van der Waals surface area contributed by atoms with Gasteiger partial charge in [0, 0.05) is 6.54 Å². The van der Waals surface area contributed by atoms with Gasteiger partial charge >= 0.3 is 12.2 Å². The van der Waals surface area contributed by atoms with Gasteiger partial charge in [0.05, 0.1) is 6.61 Å². The van der Waals surface area contributed by atoms with Crippen LogP contribution in [-0.2, 0) is 4.74 Å². The van der Waals surface area contributed by atoms with Gasteiger partial charge in [0.25, 0.3) is 0 Å². The van der Waals surface area contributed by atoms with Crippen molar-refractivity contribution < 1.29 is 24.2 Å².